The van der Waals surface area contributed by atoms with Crippen LogP contribution < -0.4 is 18.9 Å². The van der Waals surface area contributed by atoms with Crippen molar-refractivity contribution < 1.29 is 23.7 Å². The van der Waals surface area contributed by atoms with Gasteiger partial charge in [0.25, 0.3) is 0 Å². The van der Waals surface area contributed by atoms with Crippen LogP contribution in [-0.2, 0) is 6.42 Å². The number of hydrogen-bond donors (Lipinski definition) is 0. The number of likely N-dealkylation sites (N-methyl/N-ethyl adjacent to an activating group) is 1. The Labute approximate surface area is 170 Å². The van der Waals surface area contributed by atoms with Crippen molar-refractivity contribution in [2.75, 3.05) is 42.0 Å². The van der Waals surface area contributed by atoms with E-state index in [4.69, 9.17) is 18.9 Å². The maximum atomic E-state index is 12.5. The largest absolute Gasteiger partial charge is 0.493 e. The molecule has 0 aliphatic carbocycles. The Morgan fingerprint density at radius 1 is 0.926 bits per heavy atom. The zero-order chi connectivity index (χ0) is 19.1. The van der Waals surface area contributed by atoms with E-state index in [1.165, 1.54) is 26.9 Å². The number of carbonyl (C=O) groups is 1. The molecule has 0 N–H and O–H groups in total. The molecule has 0 atom stereocenters. The summed E-state index contributed by atoms with van der Waals surface area (Å²) >= 11 is 0. The van der Waals surface area contributed by atoms with E-state index in [2.05, 4.69) is 4.90 Å². The van der Waals surface area contributed by atoms with Crippen molar-refractivity contribution >= 4 is 23.0 Å². The average molecular weight is 440 g/mol. The van der Waals surface area contributed by atoms with Crippen LogP contribution in [0.4, 0.5) is 0 Å². The van der Waals surface area contributed by atoms with Gasteiger partial charge in [0.15, 0.2) is 11.5 Å². The number of methoxy groups -OCH3 is 3. The normalized spacial score (nSPS) is 10.1. The molecule has 2 aromatic rings. The van der Waals surface area contributed by atoms with E-state index in [1.54, 1.807) is 24.3 Å². The van der Waals surface area contributed by atoms with E-state index in [0.717, 1.165) is 13.0 Å². The second kappa shape index (κ2) is 10.8. The molecule has 0 radical (unpaired) electrons. The second-order valence-corrected chi connectivity index (χ2v) is 6.00. The molecule has 27 heavy (non-hydrogen) atoms. The standard InChI is InChI=1S/C20H25NO5.BrH/c1-21(2)11-10-14-6-8-16(9-7-14)26-20(22)15-12-17(23-3)19(25-5)18(13-15)24-4;/h6-9,12-13H,10-11H2,1-5H3;1H. The van der Waals surface area contributed by atoms with Gasteiger partial charge in [-0.3, -0.25) is 0 Å². The van der Waals surface area contributed by atoms with Crippen LogP contribution in [0.2, 0.25) is 0 Å². The van der Waals surface area contributed by atoms with Crippen molar-refractivity contribution in [3.63, 3.8) is 0 Å². The Kier molecular flexibility index (Phi) is 9.11. The van der Waals surface area contributed by atoms with E-state index in [9.17, 15) is 4.79 Å². The number of rotatable bonds is 8. The number of hydrogen-bond acceptors (Lipinski definition) is 6. The minimum Gasteiger partial charge on any atom is -0.493 e. The summed E-state index contributed by atoms with van der Waals surface area (Å²) in [5.74, 6) is 1.22. The van der Waals surface area contributed by atoms with Gasteiger partial charge in [0.2, 0.25) is 5.75 Å². The van der Waals surface area contributed by atoms with Crippen LogP contribution in [0.3, 0.4) is 0 Å². The predicted molar refractivity (Wildman–Crippen MR) is 110 cm³/mol. The van der Waals surface area contributed by atoms with Crippen LogP contribution >= 0.6 is 17.0 Å². The van der Waals surface area contributed by atoms with Gasteiger partial charge >= 0.3 is 5.97 Å². The number of carbonyl (C=O) groups excluding carboxylic acids is 1. The highest BCUT2D eigenvalue weighted by molar-refractivity contribution is 8.93. The molecule has 6 nitrogen and oxygen atoms in total. The van der Waals surface area contributed by atoms with Crippen LogP contribution in [-0.4, -0.2) is 52.8 Å². The molecule has 0 unspecified atom stereocenters. The predicted octanol–water partition coefficient (Wildman–Crippen LogP) is 3.61. The van der Waals surface area contributed by atoms with Gasteiger partial charge in [-0.25, -0.2) is 4.79 Å². The minimum absolute atomic E-state index is 0. The lowest BCUT2D eigenvalue weighted by molar-refractivity contribution is 0.0734. The van der Waals surface area contributed by atoms with Crippen molar-refractivity contribution in [1.29, 1.82) is 0 Å². The number of halogens is 1. The van der Waals surface area contributed by atoms with Gasteiger partial charge in [-0.2, -0.15) is 0 Å². The van der Waals surface area contributed by atoms with Gasteiger partial charge in [-0.05, 0) is 50.3 Å². The van der Waals surface area contributed by atoms with Crippen LogP contribution in [0.25, 0.3) is 0 Å². The summed E-state index contributed by atoms with van der Waals surface area (Å²) in [6, 6.07) is 10.6. The molecule has 0 saturated carbocycles. The van der Waals surface area contributed by atoms with Gasteiger partial charge in [0.05, 0.1) is 26.9 Å². The van der Waals surface area contributed by atoms with E-state index >= 15 is 0 Å². The third-order valence-electron chi connectivity index (χ3n) is 3.88. The van der Waals surface area contributed by atoms with Gasteiger partial charge in [-0.1, -0.05) is 12.1 Å². The molecule has 0 fully saturated rings. The summed E-state index contributed by atoms with van der Waals surface area (Å²) in [6.07, 6.45) is 0.939. The average Bonchev–Trinajstić information content (AvgIpc) is 2.65. The number of benzene rings is 2. The van der Waals surface area contributed by atoms with Crippen molar-refractivity contribution in [3.05, 3.63) is 47.5 Å². The Hall–Kier alpha value is -2.25. The molecule has 0 amide bonds. The molecule has 0 heterocycles. The summed E-state index contributed by atoms with van der Waals surface area (Å²) in [5.41, 5.74) is 1.50. The lowest BCUT2D eigenvalue weighted by atomic mass is 10.1. The fourth-order valence-corrected chi connectivity index (χ4v) is 2.44. The summed E-state index contributed by atoms with van der Waals surface area (Å²) in [5, 5.41) is 0. The van der Waals surface area contributed by atoms with E-state index < -0.39 is 5.97 Å². The molecule has 2 aromatic carbocycles. The zero-order valence-corrected chi connectivity index (χ0v) is 18.0. The van der Waals surface area contributed by atoms with Gasteiger partial charge in [0.1, 0.15) is 5.75 Å². The van der Waals surface area contributed by atoms with Gasteiger partial charge in [-0.15, -0.1) is 17.0 Å². The maximum absolute atomic E-state index is 12.5. The molecule has 0 spiro atoms. The molecule has 7 heteroatoms. The zero-order valence-electron chi connectivity index (χ0n) is 16.3. The molecule has 148 valence electrons. The number of nitrogens with zero attached hydrogens (tertiary/aromatic N) is 1. The summed E-state index contributed by atoms with van der Waals surface area (Å²) in [7, 11) is 8.58. The SMILES string of the molecule is Br.COc1cc(C(=O)Oc2ccc(CCN(C)C)cc2)cc(OC)c1OC. The fourth-order valence-electron chi connectivity index (χ4n) is 2.44. The molecule has 2 rings (SSSR count). The first-order valence-electron chi connectivity index (χ1n) is 8.24. The minimum atomic E-state index is -0.495. The lowest BCUT2D eigenvalue weighted by Crippen LogP contribution is -2.15. The second-order valence-electron chi connectivity index (χ2n) is 6.00. The first-order valence-corrected chi connectivity index (χ1v) is 8.24. The molecule has 0 saturated heterocycles. The molecule has 0 aliphatic heterocycles. The highest BCUT2D eigenvalue weighted by atomic mass is 79.9. The first-order chi connectivity index (χ1) is 12.5. The summed E-state index contributed by atoms with van der Waals surface area (Å²) in [4.78, 5) is 14.6. The molecule has 0 bridgehead atoms. The molecule has 0 aliphatic rings. The summed E-state index contributed by atoms with van der Waals surface area (Å²) in [6.45, 7) is 0.963. The summed E-state index contributed by atoms with van der Waals surface area (Å²) < 4.78 is 21.2. The van der Waals surface area contributed by atoms with E-state index in [0.29, 0.717) is 28.6 Å². The van der Waals surface area contributed by atoms with Crippen molar-refractivity contribution in [3.8, 4) is 23.0 Å². The highest BCUT2D eigenvalue weighted by Crippen LogP contribution is 2.38. The fraction of sp³-hybridized carbons (Fsp3) is 0.350. The monoisotopic (exact) mass is 439 g/mol. The molecule has 0 aromatic heterocycles. The molecular weight excluding hydrogens is 414 g/mol. The van der Waals surface area contributed by atoms with Gasteiger partial charge < -0.3 is 23.8 Å². The highest BCUT2D eigenvalue weighted by Gasteiger charge is 2.18. The van der Waals surface area contributed by atoms with E-state index in [-0.39, 0.29) is 17.0 Å². The number of ether oxygens (including phenoxy) is 4. The van der Waals surface area contributed by atoms with Crippen molar-refractivity contribution in [2.45, 2.75) is 6.42 Å². The van der Waals surface area contributed by atoms with Crippen LogP contribution in [0.1, 0.15) is 15.9 Å². The van der Waals surface area contributed by atoms with E-state index in [1.807, 2.05) is 26.2 Å². The van der Waals surface area contributed by atoms with Crippen LogP contribution in [0.5, 0.6) is 23.0 Å². The third-order valence-corrected chi connectivity index (χ3v) is 3.88. The van der Waals surface area contributed by atoms with Crippen LogP contribution in [0, 0.1) is 0 Å². The third kappa shape index (κ3) is 6.15. The first kappa shape index (κ1) is 22.8. The Bertz CT molecular complexity index is 722. The molecular formula is C20H26BrNO5. The van der Waals surface area contributed by atoms with Crippen molar-refractivity contribution in [2.24, 2.45) is 0 Å². The van der Waals surface area contributed by atoms with Gasteiger partial charge in [0, 0.05) is 6.54 Å². The Balaban J connectivity index is 0.00000364. The Morgan fingerprint density at radius 3 is 1.93 bits per heavy atom. The number of esters is 1. The smallest absolute Gasteiger partial charge is 0.343 e. The van der Waals surface area contributed by atoms with Crippen LogP contribution in [0.15, 0.2) is 36.4 Å². The Morgan fingerprint density at radius 2 is 1.48 bits per heavy atom. The van der Waals surface area contributed by atoms with Crippen molar-refractivity contribution in [1.82, 2.24) is 4.90 Å². The maximum Gasteiger partial charge on any atom is 0.343 e. The topological polar surface area (TPSA) is 57.2 Å². The quantitative estimate of drug-likeness (QED) is 0.462. The lowest BCUT2D eigenvalue weighted by Gasteiger charge is -2.14.